The van der Waals surface area contributed by atoms with Crippen LogP contribution in [0.5, 0.6) is 11.6 Å². The van der Waals surface area contributed by atoms with Crippen LogP contribution in [0.2, 0.25) is 0 Å². The van der Waals surface area contributed by atoms with E-state index in [1.54, 1.807) is 41.6 Å². The molecule has 1 aromatic heterocycles. The van der Waals surface area contributed by atoms with Gasteiger partial charge in [-0.05, 0) is 36.4 Å². The van der Waals surface area contributed by atoms with Crippen LogP contribution in [0.25, 0.3) is 0 Å². The van der Waals surface area contributed by atoms with E-state index in [4.69, 9.17) is 4.74 Å². The largest absolute Gasteiger partial charge is 0.438 e. The molecule has 140 valence electrons. The van der Waals surface area contributed by atoms with Gasteiger partial charge in [0.05, 0.1) is 12.1 Å². The molecule has 0 radical (unpaired) electrons. The molecule has 2 aromatic carbocycles. The number of nitrogens with zero attached hydrogens (tertiary/aromatic N) is 3. The molecule has 2 heterocycles. The SMILES string of the molecule is O=C(Nc1ccc(Oc2cnccn2)cc1)C1CC(=O)N(c2ccccc2)C1. The lowest BCUT2D eigenvalue weighted by atomic mass is 10.1. The molecule has 4 rings (SSSR count). The van der Waals surface area contributed by atoms with Gasteiger partial charge in [0, 0.05) is 36.7 Å². The van der Waals surface area contributed by atoms with Gasteiger partial charge in [0.2, 0.25) is 17.7 Å². The lowest BCUT2D eigenvalue weighted by molar-refractivity contribution is -0.122. The summed E-state index contributed by atoms with van der Waals surface area (Å²) in [4.78, 5) is 34.5. The molecule has 0 saturated carbocycles. The van der Waals surface area contributed by atoms with Gasteiger partial charge >= 0.3 is 0 Å². The number of nitrogens with one attached hydrogen (secondary N) is 1. The van der Waals surface area contributed by atoms with Crippen molar-refractivity contribution in [3.05, 3.63) is 73.2 Å². The highest BCUT2D eigenvalue weighted by Crippen LogP contribution is 2.26. The zero-order valence-corrected chi connectivity index (χ0v) is 15.0. The van der Waals surface area contributed by atoms with Gasteiger partial charge in [-0.15, -0.1) is 0 Å². The zero-order chi connectivity index (χ0) is 19.3. The Morgan fingerprint density at radius 3 is 2.57 bits per heavy atom. The van der Waals surface area contributed by atoms with Crippen molar-refractivity contribution in [1.82, 2.24) is 9.97 Å². The standard InChI is InChI=1S/C21H18N4O3/c26-20-12-15(14-25(20)17-4-2-1-3-5-17)21(27)24-16-6-8-18(9-7-16)28-19-13-22-10-11-23-19/h1-11,13,15H,12,14H2,(H,24,27). The molecule has 3 aromatic rings. The number of hydrogen-bond donors (Lipinski definition) is 1. The van der Waals surface area contributed by atoms with Crippen molar-refractivity contribution in [3.8, 4) is 11.6 Å². The third-order valence-corrected chi connectivity index (χ3v) is 4.45. The Morgan fingerprint density at radius 1 is 1.07 bits per heavy atom. The molecule has 28 heavy (non-hydrogen) atoms. The fraction of sp³-hybridized carbons (Fsp3) is 0.143. The minimum absolute atomic E-state index is 0.0425. The van der Waals surface area contributed by atoms with Gasteiger partial charge in [-0.1, -0.05) is 18.2 Å². The number of para-hydroxylation sites is 1. The Balaban J connectivity index is 1.37. The second-order valence-corrected chi connectivity index (χ2v) is 6.40. The van der Waals surface area contributed by atoms with Crippen LogP contribution in [0, 0.1) is 5.92 Å². The molecule has 7 nitrogen and oxygen atoms in total. The number of hydrogen-bond acceptors (Lipinski definition) is 5. The lowest BCUT2D eigenvalue weighted by Gasteiger charge is -2.16. The quantitative estimate of drug-likeness (QED) is 0.741. The molecule has 1 atom stereocenters. The maximum absolute atomic E-state index is 12.6. The second-order valence-electron chi connectivity index (χ2n) is 6.40. The topological polar surface area (TPSA) is 84.4 Å². The van der Waals surface area contributed by atoms with Crippen LogP contribution in [0.3, 0.4) is 0 Å². The fourth-order valence-corrected chi connectivity index (χ4v) is 3.05. The molecule has 1 saturated heterocycles. The van der Waals surface area contributed by atoms with Gasteiger partial charge in [-0.2, -0.15) is 0 Å². The number of ether oxygens (including phenoxy) is 1. The first-order chi connectivity index (χ1) is 13.7. The predicted octanol–water partition coefficient (Wildman–Crippen LogP) is 3.26. The molecule has 7 heteroatoms. The second kappa shape index (κ2) is 7.87. The van der Waals surface area contributed by atoms with Gasteiger partial charge in [-0.25, -0.2) is 4.98 Å². The number of benzene rings is 2. The van der Waals surface area contributed by atoms with E-state index in [2.05, 4.69) is 15.3 Å². The molecule has 0 aliphatic carbocycles. The number of aromatic nitrogens is 2. The van der Waals surface area contributed by atoms with Crippen molar-refractivity contribution < 1.29 is 14.3 Å². The summed E-state index contributed by atoms with van der Waals surface area (Å²) in [6, 6.07) is 16.3. The van der Waals surface area contributed by atoms with E-state index in [9.17, 15) is 9.59 Å². The van der Waals surface area contributed by atoms with Crippen LogP contribution in [0.4, 0.5) is 11.4 Å². The van der Waals surface area contributed by atoms with Gasteiger partial charge < -0.3 is 15.0 Å². The van der Waals surface area contributed by atoms with Crippen LogP contribution in [0.1, 0.15) is 6.42 Å². The summed E-state index contributed by atoms with van der Waals surface area (Å²) in [6.07, 6.45) is 4.84. The Hall–Kier alpha value is -3.74. The maximum Gasteiger partial charge on any atom is 0.237 e. The third kappa shape index (κ3) is 3.98. The van der Waals surface area contributed by atoms with Crippen LogP contribution in [-0.2, 0) is 9.59 Å². The number of amides is 2. The van der Waals surface area contributed by atoms with Crippen molar-refractivity contribution >= 4 is 23.2 Å². The van der Waals surface area contributed by atoms with Crippen molar-refractivity contribution in [2.75, 3.05) is 16.8 Å². The lowest BCUT2D eigenvalue weighted by Crippen LogP contribution is -2.28. The van der Waals surface area contributed by atoms with Crippen LogP contribution in [0.15, 0.2) is 73.2 Å². The first-order valence-electron chi connectivity index (χ1n) is 8.89. The van der Waals surface area contributed by atoms with Crippen molar-refractivity contribution in [2.45, 2.75) is 6.42 Å². The Bertz CT molecular complexity index is 962. The van der Waals surface area contributed by atoms with Crippen LogP contribution < -0.4 is 15.0 Å². The summed E-state index contributed by atoms with van der Waals surface area (Å²) < 4.78 is 5.58. The van der Waals surface area contributed by atoms with Gasteiger partial charge in [0.15, 0.2) is 0 Å². The molecular weight excluding hydrogens is 356 g/mol. The Labute approximate surface area is 162 Å². The third-order valence-electron chi connectivity index (χ3n) is 4.45. The van der Waals surface area contributed by atoms with E-state index in [0.717, 1.165) is 5.69 Å². The van der Waals surface area contributed by atoms with Gasteiger partial charge in [0.25, 0.3) is 0 Å². The minimum Gasteiger partial charge on any atom is -0.438 e. The van der Waals surface area contributed by atoms with Crippen LogP contribution in [-0.4, -0.2) is 28.3 Å². The highest BCUT2D eigenvalue weighted by Gasteiger charge is 2.35. The monoisotopic (exact) mass is 374 g/mol. The summed E-state index contributed by atoms with van der Waals surface area (Å²) in [5.74, 6) is 0.381. The maximum atomic E-state index is 12.6. The van der Waals surface area contributed by atoms with Gasteiger partial charge in [-0.3, -0.25) is 14.6 Å². The van der Waals surface area contributed by atoms with E-state index >= 15 is 0 Å². The Kier molecular flexibility index (Phi) is 4.97. The molecule has 1 aliphatic rings. The first kappa shape index (κ1) is 17.7. The first-order valence-corrected chi connectivity index (χ1v) is 8.89. The van der Waals surface area contributed by atoms with E-state index in [1.165, 1.54) is 6.20 Å². The molecule has 1 unspecified atom stereocenters. The van der Waals surface area contributed by atoms with Crippen LogP contribution >= 0.6 is 0 Å². The molecular formula is C21H18N4O3. The summed E-state index contributed by atoms with van der Waals surface area (Å²) in [5.41, 5.74) is 1.45. The molecule has 0 spiro atoms. The van der Waals surface area contributed by atoms with Crippen molar-refractivity contribution in [2.24, 2.45) is 5.92 Å². The summed E-state index contributed by atoms with van der Waals surface area (Å²) >= 11 is 0. The van der Waals surface area contributed by atoms with Crippen molar-refractivity contribution in [1.29, 1.82) is 0 Å². The number of rotatable bonds is 5. The minimum atomic E-state index is -0.386. The summed E-state index contributed by atoms with van der Waals surface area (Å²) in [6.45, 7) is 0.378. The zero-order valence-electron chi connectivity index (χ0n) is 15.0. The van der Waals surface area contributed by atoms with E-state index in [-0.39, 0.29) is 24.2 Å². The molecule has 2 amide bonds. The highest BCUT2D eigenvalue weighted by atomic mass is 16.5. The van der Waals surface area contributed by atoms with Crippen molar-refractivity contribution in [3.63, 3.8) is 0 Å². The summed E-state index contributed by atoms with van der Waals surface area (Å²) in [7, 11) is 0. The average Bonchev–Trinajstić information content (AvgIpc) is 3.13. The molecule has 1 aliphatic heterocycles. The summed E-state index contributed by atoms with van der Waals surface area (Å²) in [5, 5.41) is 2.87. The fourth-order valence-electron chi connectivity index (χ4n) is 3.05. The normalized spacial score (nSPS) is 16.1. The van der Waals surface area contributed by atoms with Gasteiger partial charge in [0.1, 0.15) is 5.75 Å². The predicted molar refractivity (Wildman–Crippen MR) is 104 cm³/mol. The Morgan fingerprint density at radius 2 is 1.86 bits per heavy atom. The highest BCUT2D eigenvalue weighted by molar-refractivity contribution is 6.03. The van der Waals surface area contributed by atoms with E-state index < -0.39 is 0 Å². The molecule has 1 fully saturated rings. The number of carbonyl (C=O) groups is 2. The number of anilines is 2. The molecule has 0 bridgehead atoms. The molecule has 1 N–H and O–H groups in total. The smallest absolute Gasteiger partial charge is 0.237 e. The average molecular weight is 374 g/mol. The number of carbonyl (C=O) groups excluding carboxylic acids is 2. The van der Waals surface area contributed by atoms with E-state index in [0.29, 0.717) is 23.9 Å². The van der Waals surface area contributed by atoms with E-state index in [1.807, 2.05) is 30.3 Å².